The number of benzene rings is 1. The molecule has 112 valence electrons. The number of rotatable bonds is 3. The van der Waals surface area contributed by atoms with E-state index in [9.17, 15) is 8.42 Å². The van der Waals surface area contributed by atoms with Crippen LogP contribution >= 0.6 is 11.6 Å². The van der Waals surface area contributed by atoms with Crippen LogP contribution in [0.1, 0.15) is 38.7 Å². The van der Waals surface area contributed by atoms with Crippen molar-refractivity contribution in [3.63, 3.8) is 0 Å². The summed E-state index contributed by atoms with van der Waals surface area (Å²) in [6.07, 6.45) is 2.82. The van der Waals surface area contributed by atoms with Crippen LogP contribution in [-0.2, 0) is 16.6 Å². The first kappa shape index (κ1) is 15.8. The zero-order chi connectivity index (χ0) is 14.9. The number of hydrogen-bond donors (Lipinski definition) is 1. The summed E-state index contributed by atoms with van der Waals surface area (Å²) in [7, 11) is -3.54. The molecule has 0 amide bonds. The second-order valence-electron chi connectivity index (χ2n) is 5.38. The molecule has 1 fully saturated rings. The van der Waals surface area contributed by atoms with Gasteiger partial charge in [0.2, 0.25) is 10.0 Å². The third-order valence-electron chi connectivity index (χ3n) is 3.88. The van der Waals surface area contributed by atoms with Gasteiger partial charge in [0.25, 0.3) is 0 Å². The lowest BCUT2D eigenvalue weighted by atomic mass is 10.0. The molecule has 4 nitrogen and oxygen atoms in total. The van der Waals surface area contributed by atoms with Gasteiger partial charge >= 0.3 is 0 Å². The van der Waals surface area contributed by atoms with E-state index in [1.165, 1.54) is 12.1 Å². The average molecular weight is 318 g/mol. The Hall–Kier alpha value is -0.620. The molecule has 0 bridgehead atoms. The lowest BCUT2D eigenvalue weighted by Crippen LogP contribution is -2.47. The second kappa shape index (κ2) is 6.02. The summed E-state index contributed by atoms with van der Waals surface area (Å²) in [6, 6.07) is 4.51. The molecule has 0 radical (unpaired) electrons. The summed E-state index contributed by atoms with van der Waals surface area (Å²) < 4.78 is 27.1. The summed E-state index contributed by atoms with van der Waals surface area (Å²) >= 11 is 6.00. The van der Waals surface area contributed by atoms with Crippen molar-refractivity contribution in [3.8, 4) is 0 Å². The third-order valence-corrected chi connectivity index (χ3v) is 6.36. The summed E-state index contributed by atoms with van der Waals surface area (Å²) in [5.41, 5.74) is 0.533. The van der Waals surface area contributed by atoms with Crippen LogP contribution in [0.25, 0.3) is 0 Å². The molecule has 0 spiro atoms. The van der Waals surface area contributed by atoms with Gasteiger partial charge in [-0.25, -0.2) is 8.42 Å². The van der Waals surface area contributed by atoms with E-state index in [-0.39, 0.29) is 28.6 Å². The fourth-order valence-electron chi connectivity index (χ4n) is 2.81. The van der Waals surface area contributed by atoms with Crippen molar-refractivity contribution in [3.05, 3.63) is 28.8 Å². The van der Waals surface area contributed by atoms with Gasteiger partial charge in [0.1, 0.15) is 0 Å². The molecule has 2 atom stereocenters. The van der Waals surface area contributed by atoms with Crippen molar-refractivity contribution in [2.45, 2.75) is 56.7 Å². The topological polar surface area (TPSA) is 57.6 Å². The maximum absolute atomic E-state index is 12.8. The van der Waals surface area contributed by atoms with Gasteiger partial charge in [0.05, 0.1) is 11.5 Å². The van der Waals surface area contributed by atoms with Crippen LogP contribution in [0.15, 0.2) is 23.1 Å². The summed E-state index contributed by atoms with van der Waals surface area (Å²) in [4.78, 5) is 0.195. The molecule has 1 aliphatic heterocycles. The minimum absolute atomic E-state index is 0.0000406. The molecule has 2 rings (SSSR count). The summed E-state index contributed by atoms with van der Waals surface area (Å²) in [6.45, 7) is 3.68. The number of nitrogens with zero attached hydrogens (tertiary/aromatic N) is 1. The molecule has 1 aromatic carbocycles. The number of halogens is 1. The fourth-order valence-corrected chi connectivity index (χ4v) is 5.02. The predicted octanol–water partition coefficient (Wildman–Crippen LogP) is 2.78. The largest absolute Gasteiger partial charge is 0.392 e. The first-order chi connectivity index (χ1) is 9.37. The standard InChI is InChI=1S/C14H20ClNO3S/c1-10-4-3-5-11(2)16(10)20(18,19)13-7-6-12(9-17)14(15)8-13/h6-8,10-11,17H,3-5,9H2,1-2H3. The Kier molecular flexibility index (Phi) is 4.74. The number of aliphatic hydroxyl groups excluding tert-OH is 1. The Bertz CT molecular complexity index is 578. The molecule has 6 heteroatoms. The van der Waals surface area contributed by atoms with Gasteiger partial charge in [-0.2, -0.15) is 4.31 Å². The molecule has 0 aliphatic carbocycles. The highest BCUT2D eigenvalue weighted by molar-refractivity contribution is 7.89. The predicted molar refractivity (Wildman–Crippen MR) is 79.2 cm³/mol. The number of aliphatic hydroxyl groups is 1. The van der Waals surface area contributed by atoms with Crippen LogP contribution in [-0.4, -0.2) is 29.9 Å². The molecule has 1 N–H and O–H groups in total. The van der Waals surface area contributed by atoms with E-state index in [1.54, 1.807) is 10.4 Å². The van der Waals surface area contributed by atoms with E-state index >= 15 is 0 Å². The average Bonchev–Trinajstić information content (AvgIpc) is 2.38. The Labute approximate surface area is 125 Å². The molecule has 0 saturated carbocycles. The molecular weight excluding hydrogens is 298 g/mol. The van der Waals surface area contributed by atoms with Crippen LogP contribution in [0, 0.1) is 0 Å². The summed E-state index contributed by atoms with van der Waals surface area (Å²) in [5, 5.41) is 9.38. The van der Waals surface area contributed by atoms with E-state index in [0.717, 1.165) is 19.3 Å². The highest BCUT2D eigenvalue weighted by atomic mass is 35.5. The quantitative estimate of drug-likeness (QED) is 0.932. The van der Waals surface area contributed by atoms with Gasteiger partial charge in [0, 0.05) is 17.1 Å². The fraction of sp³-hybridized carbons (Fsp3) is 0.571. The van der Waals surface area contributed by atoms with Crippen molar-refractivity contribution < 1.29 is 13.5 Å². The van der Waals surface area contributed by atoms with Crippen molar-refractivity contribution in [2.75, 3.05) is 0 Å². The first-order valence-electron chi connectivity index (χ1n) is 6.80. The highest BCUT2D eigenvalue weighted by Crippen LogP contribution is 2.31. The van der Waals surface area contributed by atoms with Gasteiger partial charge in [-0.1, -0.05) is 24.1 Å². The van der Waals surface area contributed by atoms with Gasteiger partial charge < -0.3 is 5.11 Å². The normalized spacial score (nSPS) is 24.8. The molecule has 1 saturated heterocycles. The Balaban J connectivity index is 2.41. The Morgan fingerprint density at radius 3 is 2.40 bits per heavy atom. The Morgan fingerprint density at radius 2 is 1.90 bits per heavy atom. The molecule has 20 heavy (non-hydrogen) atoms. The van der Waals surface area contributed by atoms with Crippen LogP contribution in [0.3, 0.4) is 0 Å². The highest BCUT2D eigenvalue weighted by Gasteiger charge is 2.35. The third kappa shape index (κ3) is 2.86. The minimum atomic E-state index is -3.54. The van der Waals surface area contributed by atoms with Crippen LogP contribution in [0.5, 0.6) is 0 Å². The lowest BCUT2D eigenvalue weighted by Gasteiger charge is -2.37. The minimum Gasteiger partial charge on any atom is -0.392 e. The van der Waals surface area contributed by atoms with Gasteiger partial charge in [0.15, 0.2) is 0 Å². The zero-order valence-electron chi connectivity index (χ0n) is 11.7. The SMILES string of the molecule is CC1CCCC(C)N1S(=O)(=O)c1ccc(CO)c(Cl)c1. The molecule has 1 heterocycles. The van der Waals surface area contributed by atoms with Crippen molar-refractivity contribution >= 4 is 21.6 Å². The zero-order valence-corrected chi connectivity index (χ0v) is 13.3. The van der Waals surface area contributed by atoms with Crippen LogP contribution in [0.2, 0.25) is 5.02 Å². The maximum atomic E-state index is 12.8. The van der Waals surface area contributed by atoms with Gasteiger partial charge in [-0.3, -0.25) is 0 Å². The lowest BCUT2D eigenvalue weighted by molar-refractivity contribution is 0.204. The van der Waals surface area contributed by atoms with E-state index in [0.29, 0.717) is 5.56 Å². The number of sulfonamides is 1. The molecule has 1 aliphatic rings. The molecule has 2 unspecified atom stereocenters. The van der Waals surface area contributed by atoms with E-state index in [2.05, 4.69) is 0 Å². The number of hydrogen-bond acceptors (Lipinski definition) is 3. The van der Waals surface area contributed by atoms with Gasteiger partial charge in [-0.05, 0) is 44.4 Å². The Morgan fingerprint density at radius 1 is 1.30 bits per heavy atom. The maximum Gasteiger partial charge on any atom is 0.243 e. The van der Waals surface area contributed by atoms with Crippen molar-refractivity contribution in [1.82, 2.24) is 4.31 Å². The van der Waals surface area contributed by atoms with E-state index in [1.807, 2.05) is 13.8 Å². The molecule has 0 aromatic heterocycles. The first-order valence-corrected chi connectivity index (χ1v) is 8.62. The van der Waals surface area contributed by atoms with E-state index in [4.69, 9.17) is 16.7 Å². The van der Waals surface area contributed by atoms with Crippen LogP contribution in [0.4, 0.5) is 0 Å². The van der Waals surface area contributed by atoms with Gasteiger partial charge in [-0.15, -0.1) is 0 Å². The molecule has 1 aromatic rings. The second-order valence-corrected chi connectivity index (χ2v) is 7.63. The molecular formula is C14H20ClNO3S. The monoisotopic (exact) mass is 317 g/mol. The smallest absolute Gasteiger partial charge is 0.243 e. The van der Waals surface area contributed by atoms with Crippen molar-refractivity contribution in [2.24, 2.45) is 0 Å². The van der Waals surface area contributed by atoms with Crippen LogP contribution < -0.4 is 0 Å². The van der Waals surface area contributed by atoms with Crippen molar-refractivity contribution in [1.29, 1.82) is 0 Å². The summed E-state index contributed by atoms with van der Waals surface area (Å²) in [5.74, 6) is 0. The van der Waals surface area contributed by atoms with E-state index < -0.39 is 10.0 Å². The number of piperidine rings is 1.